The maximum absolute atomic E-state index is 11.5. The zero-order chi connectivity index (χ0) is 13.7. The molecule has 0 aliphatic carbocycles. The molecule has 0 aromatic rings. The molecule has 7 nitrogen and oxygen atoms in total. The van der Waals surface area contributed by atoms with Crippen LogP contribution >= 0.6 is 0 Å². The van der Waals surface area contributed by atoms with E-state index in [1.54, 1.807) is 13.8 Å². The predicted molar refractivity (Wildman–Crippen MR) is 67.0 cm³/mol. The minimum Gasteiger partial charge on any atom is -0.409 e. The molecule has 8 heteroatoms. The molecule has 0 radical (unpaired) electrons. The minimum atomic E-state index is -3.54. The highest BCUT2D eigenvalue weighted by Gasteiger charge is 2.25. The van der Waals surface area contributed by atoms with E-state index in [1.807, 2.05) is 13.8 Å². The molecule has 17 heavy (non-hydrogen) atoms. The number of nitrogens with one attached hydrogen (secondary N) is 2. The van der Waals surface area contributed by atoms with Gasteiger partial charge in [-0.3, -0.25) is 0 Å². The van der Waals surface area contributed by atoms with Crippen LogP contribution in [0.2, 0.25) is 0 Å². The standard InChI is InChI=1S/C9H22N4O3S/c1-7(2)5-11-17(15,16)12-6-9(3,4)8(10)13-14/h7,11-12,14H,5-6H2,1-4H3,(H2,10,13). The second kappa shape index (κ2) is 6.18. The summed E-state index contributed by atoms with van der Waals surface area (Å²) in [5.41, 5.74) is 4.70. The normalized spacial score (nSPS) is 14.3. The Hall–Kier alpha value is -0.860. The lowest BCUT2D eigenvalue weighted by Crippen LogP contribution is -2.46. The average Bonchev–Trinajstić information content (AvgIpc) is 2.23. The third kappa shape index (κ3) is 6.44. The number of hydrogen-bond acceptors (Lipinski definition) is 4. The van der Waals surface area contributed by atoms with E-state index in [9.17, 15) is 8.42 Å². The Bertz CT molecular complexity index is 362. The van der Waals surface area contributed by atoms with E-state index in [4.69, 9.17) is 10.9 Å². The second-order valence-corrected chi connectivity index (χ2v) is 6.52. The monoisotopic (exact) mass is 266 g/mol. The lowest BCUT2D eigenvalue weighted by Gasteiger charge is -2.23. The highest BCUT2D eigenvalue weighted by Crippen LogP contribution is 2.13. The van der Waals surface area contributed by atoms with Crippen molar-refractivity contribution < 1.29 is 13.6 Å². The fraction of sp³-hybridized carbons (Fsp3) is 0.889. The van der Waals surface area contributed by atoms with Crippen LogP contribution in [0.1, 0.15) is 27.7 Å². The molecule has 0 saturated carbocycles. The molecule has 0 heterocycles. The summed E-state index contributed by atoms with van der Waals surface area (Å²) in [7, 11) is -3.54. The van der Waals surface area contributed by atoms with Gasteiger partial charge in [-0.05, 0) is 5.92 Å². The SMILES string of the molecule is CC(C)CNS(=O)(=O)NCC(C)(C)C(N)=NO. The average molecular weight is 266 g/mol. The maximum atomic E-state index is 11.5. The van der Waals surface area contributed by atoms with E-state index in [0.29, 0.717) is 6.54 Å². The van der Waals surface area contributed by atoms with E-state index >= 15 is 0 Å². The number of oxime groups is 1. The van der Waals surface area contributed by atoms with Crippen LogP contribution < -0.4 is 15.2 Å². The van der Waals surface area contributed by atoms with Crippen molar-refractivity contribution in [2.45, 2.75) is 27.7 Å². The van der Waals surface area contributed by atoms with Gasteiger partial charge in [0.25, 0.3) is 10.2 Å². The Morgan fingerprint density at radius 1 is 1.41 bits per heavy atom. The Kier molecular flexibility index (Phi) is 5.86. The molecule has 0 aromatic heterocycles. The lowest BCUT2D eigenvalue weighted by atomic mass is 9.93. The highest BCUT2D eigenvalue weighted by molar-refractivity contribution is 7.87. The lowest BCUT2D eigenvalue weighted by molar-refractivity contribution is 0.307. The summed E-state index contributed by atoms with van der Waals surface area (Å²) in [5, 5.41) is 11.4. The third-order valence-corrected chi connectivity index (χ3v) is 3.26. The van der Waals surface area contributed by atoms with Crippen molar-refractivity contribution in [3.8, 4) is 0 Å². The number of hydrogen-bond donors (Lipinski definition) is 4. The molecule has 0 saturated heterocycles. The van der Waals surface area contributed by atoms with Crippen molar-refractivity contribution >= 4 is 16.0 Å². The number of nitrogens with two attached hydrogens (primary N) is 1. The van der Waals surface area contributed by atoms with Crippen molar-refractivity contribution in [2.75, 3.05) is 13.1 Å². The van der Waals surface area contributed by atoms with E-state index in [0.717, 1.165) is 0 Å². The number of rotatable bonds is 7. The Balaban J connectivity index is 4.37. The molecule has 0 rings (SSSR count). The first-order valence-electron chi connectivity index (χ1n) is 5.33. The first kappa shape index (κ1) is 16.1. The van der Waals surface area contributed by atoms with Crippen molar-refractivity contribution in [2.24, 2.45) is 22.2 Å². The van der Waals surface area contributed by atoms with E-state index in [2.05, 4.69) is 14.6 Å². The molecule has 5 N–H and O–H groups in total. The molecule has 0 spiro atoms. The zero-order valence-corrected chi connectivity index (χ0v) is 11.5. The Morgan fingerprint density at radius 3 is 2.35 bits per heavy atom. The fourth-order valence-electron chi connectivity index (χ4n) is 0.829. The molecule has 0 bridgehead atoms. The van der Waals surface area contributed by atoms with E-state index < -0.39 is 15.6 Å². The third-order valence-electron chi connectivity index (χ3n) is 2.19. The summed E-state index contributed by atoms with van der Waals surface area (Å²) in [5.74, 6) is 0.202. The summed E-state index contributed by atoms with van der Waals surface area (Å²) in [6, 6.07) is 0. The summed E-state index contributed by atoms with van der Waals surface area (Å²) in [4.78, 5) is 0. The first-order valence-corrected chi connectivity index (χ1v) is 6.81. The molecule has 0 aliphatic heterocycles. The number of nitrogens with zero attached hydrogens (tertiary/aromatic N) is 1. The topological polar surface area (TPSA) is 117 Å². The van der Waals surface area contributed by atoms with Gasteiger partial charge in [-0.25, -0.2) is 9.44 Å². The van der Waals surface area contributed by atoms with Gasteiger partial charge in [0.15, 0.2) is 0 Å². The predicted octanol–water partition coefficient (Wildman–Crippen LogP) is -0.161. The van der Waals surface area contributed by atoms with Crippen LogP contribution in [0.3, 0.4) is 0 Å². The largest absolute Gasteiger partial charge is 0.409 e. The van der Waals surface area contributed by atoms with E-state index in [-0.39, 0.29) is 18.3 Å². The molecule has 102 valence electrons. The van der Waals surface area contributed by atoms with Crippen molar-refractivity contribution in [3.05, 3.63) is 0 Å². The van der Waals surface area contributed by atoms with Gasteiger partial charge < -0.3 is 10.9 Å². The van der Waals surface area contributed by atoms with Crippen LogP contribution in [0.15, 0.2) is 5.16 Å². The molecule has 0 aliphatic rings. The van der Waals surface area contributed by atoms with Crippen LogP contribution in [-0.2, 0) is 10.2 Å². The van der Waals surface area contributed by atoms with Crippen LogP contribution in [-0.4, -0.2) is 32.6 Å². The minimum absolute atomic E-state index is 0.0240. The van der Waals surface area contributed by atoms with Crippen molar-refractivity contribution in [3.63, 3.8) is 0 Å². The molecule has 0 aromatic carbocycles. The molecular weight excluding hydrogens is 244 g/mol. The summed E-state index contributed by atoms with van der Waals surface area (Å²) in [6.07, 6.45) is 0. The molecular formula is C9H22N4O3S. The molecule has 0 unspecified atom stereocenters. The first-order chi connectivity index (χ1) is 7.60. The van der Waals surface area contributed by atoms with Crippen LogP contribution in [0.4, 0.5) is 0 Å². The Morgan fingerprint density at radius 2 is 1.94 bits per heavy atom. The highest BCUT2D eigenvalue weighted by atomic mass is 32.2. The fourth-order valence-corrected chi connectivity index (χ4v) is 2.03. The van der Waals surface area contributed by atoms with Gasteiger partial charge in [-0.2, -0.15) is 8.42 Å². The van der Waals surface area contributed by atoms with Gasteiger partial charge in [0, 0.05) is 18.5 Å². The van der Waals surface area contributed by atoms with Crippen molar-refractivity contribution in [1.29, 1.82) is 0 Å². The van der Waals surface area contributed by atoms with Gasteiger partial charge in [0.1, 0.15) is 5.84 Å². The maximum Gasteiger partial charge on any atom is 0.276 e. The molecule has 0 fully saturated rings. The van der Waals surface area contributed by atoms with Crippen LogP contribution in [0.5, 0.6) is 0 Å². The Labute approximate surface area is 103 Å². The summed E-state index contributed by atoms with van der Waals surface area (Å²) >= 11 is 0. The zero-order valence-electron chi connectivity index (χ0n) is 10.7. The van der Waals surface area contributed by atoms with Gasteiger partial charge in [-0.15, -0.1) is 0 Å². The summed E-state index contributed by atoms with van der Waals surface area (Å²) < 4.78 is 27.8. The second-order valence-electron chi connectivity index (χ2n) is 4.94. The summed E-state index contributed by atoms with van der Waals surface area (Å²) in [6.45, 7) is 7.57. The van der Waals surface area contributed by atoms with Crippen LogP contribution in [0, 0.1) is 11.3 Å². The number of amidine groups is 1. The van der Waals surface area contributed by atoms with Crippen LogP contribution in [0.25, 0.3) is 0 Å². The smallest absolute Gasteiger partial charge is 0.276 e. The molecule has 0 amide bonds. The van der Waals surface area contributed by atoms with Gasteiger partial charge in [0.2, 0.25) is 0 Å². The van der Waals surface area contributed by atoms with Gasteiger partial charge in [0.05, 0.1) is 0 Å². The van der Waals surface area contributed by atoms with Gasteiger partial charge in [-0.1, -0.05) is 32.9 Å². The quantitative estimate of drug-likeness (QED) is 0.222. The van der Waals surface area contributed by atoms with Gasteiger partial charge >= 0.3 is 0 Å². The molecule has 0 atom stereocenters. The van der Waals surface area contributed by atoms with Crippen molar-refractivity contribution in [1.82, 2.24) is 9.44 Å². The van der Waals surface area contributed by atoms with E-state index in [1.165, 1.54) is 0 Å².